The number of ether oxygens (including phenoxy) is 1. The lowest BCUT2D eigenvalue weighted by Gasteiger charge is -2.14. The summed E-state index contributed by atoms with van der Waals surface area (Å²) in [6.45, 7) is 1.51. The molecular weight excluding hydrogens is 367 g/mol. The number of halogens is 1. The molecular formula is C11H9IN2O5. The molecule has 0 radical (unpaired) electrons. The van der Waals surface area contributed by atoms with Gasteiger partial charge in [-0.1, -0.05) is 0 Å². The Kier molecular flexibility index (Phi) is 5.05. The van der Waals surface area contributed by atoms with Gasteiger partial charge < -0.3 is 9.84 Å². The second-order valence-electron chi connectivity index (χ2n) is 3.70. The summed E-state index contributed by atoms with van der Waals surface area (Å²) in [6, 6.07) is 4.36. The number of nitrogens with zero attached hydrogens (tertiary/aromatic N) is 2. The van der Waals surface area contributed by atoms with Crippen molar-refractivity contribution in [1.82, 2.24) is 0 Å². The molecule has 100 valence electrons. The average molecular weight is 376 g/mol. The van der Waals surface area contributed by atoms with Crippen LogP contribution in [0.5, 0.6) is 5.75 Å². The number of benzene rings is 1. The number of nitro groups is 1. The van der Waals surface area contributed by atoms with E-state index in [0.29, 0.717) is 3.57 Å². The van der Waals surface area contributed by atoms with Gasteiger partial charge in [0.25, 0.3) is 0 Å². The van der Waals surface area contributed by atoms with Crippen molar-refractivity contribution in [3.8, 4) is 11.8 Å². The molecule has 1 N–H and O–H groups in total. The van der Waals surface area contributed by atoms with Crippen molar-refractivity contribution in [2.75, 3.05) is 0 Å². The van der Waals surface area contributed by atoms with Crippen molar-refractivity contribution in [3.05, 3.63) is 31.4 Å². The summed E-state index contributed by atoms with van der Waals surface area (Å²) in [6.07, 6.45) is -0.981. The van der Waals surface area contributed by atoms with Crippen LogP contribution in [0.3, 0.4) is 0 Å². The number of carboxylic acid groups (broad SMARTS) is 1. The average Bonchev–Trinajstić information content (AvgIpc) is 2.29. The van der Waals surface area contributed by atoms with Crippen LogP contribution < -0.4 is 4.74 Å². The van der Waals surface area contributed by atoms with Gasteiger partial charge in [0, 0.05) is 6.07 Å². The van der Waals surface area contributed by atoms with Gasteiger partial charge in [-0.25, -0.2) is 0 Å². The van der Waals surface area contributed by atoms with Crippen LogP contribution in [-0.4, -0.2) is 22.1 Å². The molecule has 0 unspecified atom stereocenters. The minimum atomic E-state index is -1.06. The third-order valence-electron chi connectivity index (χ3n) is 2.13. The Morgan fingerprint density at radius 1 is 1.68 bits per heavy atom. The lowest BCUT2D eigenvalue weighted by Crippen LogP contribution is -2.18. The molecule has 0 aliphatic heterocycles. The van der Waals surface area contributed by atoms with Gasteiger partial charge in [0.1, 0.15) is 6.10 Å². The van der Waals surface area contributed by atoms with Crippen molar-refractivity contribution >= 4 is 34.2 Å². The molecule has 1 rings (SSSR count). The van der Waals surface area contributed by atoms with Gasteiger partial charge in [-0.05, 0) is 35.6 Å². The third kappa shape index (κ3) is 4.06. The predicted molar refractivity (Wildman–Crippen MR) is 72.9 cm³/mol. The number of hydrogen-bond donors (Lipinski definition) is 1. The molecule has 0 amide bonds. The fourth-order valence-electron chi connectivity index (χ4n) is 1.38. The second kappa shape index (κ2) is 6.33. The first-order chi connectivity index (χ1) is 8.85. The van der Waals surface area contributed by atoms with Gasteiger partial charge in [-0.15, -0.1) is 0 Å². The van der Waals surface area contributed by atoms with Gasteiger partial charge in [0.2, 0.25) is 5.75 Å². The molecule has 1 aromatic carbocycles. The summed E-state index contributed by atoms with van der Waals surface area (Å²) in [5, 5.41) is 28.3. The fourth-order valence-corrected chi connectivity index (χ4v) is 2.12. The maximum absolute atomic E-state index is 10.9. The molecule has 0 spiro atoms. The second-order valence-corrected chi connectivity index (χ2v) is 4.86. The summed E-state index contributed by atoms with van der Waals surface area (Å²) in [5.74, 6) is -1.07. The zero-order valence-corrected chi connectivity index (χ0v) is 11.9. The first-order valence-electron chi connectivity index (χ1n) is 5.11. The van der Waals surface area contributed by atoms with Crippen LogP contribution in [0.25, 0.3) is 0 Å². The number of aliphatic carboxylic acids is 1. The van der Waals surface area contributed by atoms with Crippen LogP contribution in [0.4, 0.5) is 5.69 Å². The molecule has 0 aliphatic rings. The molecule has 0 fully saturated rings. The van der Waals surface area contributed by atoms with E-state index >= 15 is 0 Å². The van der Waals surface area contributed by atoms with E-state index in [1.807, 2.05) is 28.7 Å². The zero-order chi connectivity index (χ0) is 14.6. The molecule has 1 aromatic rings. The zero-order valence-electron chi connectivity index (χ0n) is 9.79. The molecule has 0 heterocycles. The van der Waals surface area contributed by atoms with E-state index < -0.39 is 17.0 Å². The number of rotatable bonds is 5. The molecule has 19 heavy (non-hydrogen) atoms. The smallest absolute Gasteiger partial charge is 0.313 e. The maximum atomic E-state index is 10.9. The van der Waals surface area contributed by atoms with Crippen molar-refractivity contribution in [2.24, 2.45) is 0 Å². The lowest BCUT2D eigenvalue weighted by atomic mass is 10.2. The Labute approximate surface area is 122 Å². The van der Waals surface area contributed by atoms with Crippen molar-refractivity contribution in [1.29, 1.82) is 5.26 Å². The van der Waals surface area contributed by atoms with Crippen molar-refractivity contribution < 1.29 is 19.6 Å². The van der Waals surface area contributed by atoms with E-state index in [1.165, 1.54) is 13.0 Å². The first kappa shape index (κ1) is 15.2. The van der Waals surface area contributed by atoms with E-state index in [9.17, 15) is 14.9 Å². The number of nitro benzene ring substituents is 1. The number of nitriles is 1. The summed E-state index contributed by atoms with van der Waals surface area (Å²) < 4.78 is 5.70. The van der Waals surface area contributed by atoms with Gasteiger partial charge >= 0.3 is 11.7 Å². The van der Waals surface area contributed by atoms with Crippen LogP contribution in [0.15, 0.2) is 12.1 Å². The van der Waals surface area contributed by atoms with E-state index in [-0.39, 0.29) is 23.4 Å². The molecule has 0 bridgehead atoms. The minimum absolute atomic E-state index is 0.0154. The number of carbonyl (C=O) groups is 1. The Morgan fingerprint density at radius 2 is 2.32 bits per heavy atom. The Balaban J connectivity index is 3.16. The van der Waals surface area contributed by atoms with Crippen LogP contribution in [0.2, 0.25) is 0 Å². The van der Waals surface area contributed by atoms with E-state index in [0.717, 1.165) is 6.07 Å². The number of hydrogen-bond acceptors (Lipinski definition) is 5. The van der Waals surface area contributed by atoms with Crippen LogP contribution in [0, 0.1) is 25.0 Å². The predicted octanol–water partition coefficient (Wildman–Crippen LogP) is 2.31. The highest BCUT2D eigenvalue weighted by Crippen LogP contribution is 2.34. The topological polar surface area (TPSA) is 113 Å². The normalized spacial score (nSPS) is 11.4. The maximum Gasteiger partial charge on any atom is 0.313 e. The minimum Gasteiger partial charge on any atom is -0.482 e. The summed E-state index contributed by atoms with van der Waals surface area (Å²) in [4.78, 5) is 20.8. The quantitative estimate of drug-likeness (QED) is 0.479. The lowest BCUT2D eigenvalue weighted by molar-refractivity contribution is -0.386. The van der Waals surface area contributed by atoms with Gasteiger partial charge in [0.15, 0.2) is 0 Å². The summed E-state index contributed by atoms with van der Waals surface area (Å²) in [5.41, 5.74) is -0.199. The van der Waals surface area contributed by atoms with Crippen molar-refractivity contribution in [2.45, 2.75) is 19.4 Å². The molecule has 0 aromatic heterocycles. The van der Waals surface area contributed by atoms with Crippen LogP contribution in [-0.2, 0) is 4.79 Å². The van der Waals surface area contributed by atoms with Gasteiger partial charge in [0.05, 0.1) is 26.5 Å². The SMILES string of the molecule is C[C@@H](CC(=O)O)Oc1c(I)cc(C#N)cc1[N+](=O)[O-]. The van der Waals surface area contributed by atoms with Gasteiger partial charge in [-0.3, -0.25) is 14.9 Å². The highest BCUT2D eigenvalue weighted by atomic mass is 127. The summed E-state index contributed by atoms with van der Waals surface area (Å²) in [7, 11) is 0. The van der Waals surface area contributed by atoms with Crippen molar-refractivity contribution in [3.63, 3.8) is 0 Å². The number of carboxylic acids is 1. The highest BCUT2D eigenvalue weighted by Gasteiger charge is 2.23. The van der Waals surface area contributed by atoms with Gasteiger partial charge in [-0.2, -0.15) is 5.26 Å². The largest absolute Gasteiger partial charge is 0.482 e. The molecule has 0 saturated carbocycles. The summed E-state index contributed by atoms with van der Waals surface area (Å²) >= 11 is 1.81. The Bertz CT molecular complexity index is 567. The molecule has 0 aliphatic carbocycles. The van der Waals surface area contributed by atoms with E-state index in [1.54, 1.807) is 0 Å². The Morgan fingerprint density at radius 3 is 2.79 bits per heavy atom. The van der Waals surface area contributed by atoms with E-state index in [4.69, 9.17) is 15.1 Å². The fraction of sp³-hybridized carbons (Fsp3) is 0.273. The molecule has 0 saturated heterocycles. The molecule has 7 nitrogen and oxygen atoms in total. The Hall–Kier alpha value is -1.89. The standard InChI is InChI=1S/C11H9IN2O5/c1-6(2-10(15)16)19-11-8(12)3-7(5-13)4-9(11)14(17)18/h3-4,6H,2H2,1H3,(H,15,16)/t6-/m0/s1. The van der Waals surface area contributed by atoms with Crippen LogP contribution >= 0.6 is 22.6 Å². The van der Waals surface area contributed by atoms with E-state index in [2.05, 4.69) is 0 Å². The monoisotopic (exact) mass is 376 g/mol. The first-order valence-corrected chi connectivity index (χ1v) is 6.19. The van der Waals surface area contributed by atoms with Crippen LogP contribution in [0.1, 0.15) is 18.9 Å². The molecule has 1 atom stereocenters. The highest BCUT2D eigenvalue weighted by molar-refractivity contribution is 14.1. The third-order valence-corrected chi connectivity index (χ3v) is 2.93. The molecule has 8 heteroatoms.